The number of aliphatic hydroxyl groups is 1. The normalized spacial score (nSPS) is 12.4. The van der Waals surface area contributed by atoms with E-state index in [4.69, 9.17) is 0 Å². The van der Waals surface area contributed by atoms with Gasteiger partial charge in [0.05, 0.1) is 6.10 Å². The van der Waals surface area contributed by atoms with Crippen LogP contribution < -0.4 is 0 Å². The van der Waals surface area contributed by atoms with E-state index in [0.29, 0.717) is 0 Å². The third-order valence-corrected chi connectivity index (χ3v) is 1.83. The topological polar surface area (TPSA) is 20.2 Å². The summed E-state index contributed by atoms with van der Waals surface area (Å²) in [5.74, 6) is 0. The Hall–Kier alpha value is -1.08. The number of aliphatic hydroxyl groups excluding tert-OH is 1. The molecule has 1 aromatic carbocycles. The largest absolute Gasteiger partial charge is 0.388 e. The predicted molar refractivity (Wildman–Crippen MR) is 50.8 cm³/mol. The molecule has 1 atom stereocenters. The summed E-state index contributed by atoms with van der Waals surface area (Å²) < 4.78 is 0. The predicted octanol–water partition coefficient (Wildman–Crippen LogP) is 2.69. The fraction of sp³-hybridized carbons (Fsp3) is 0.273. The van der Waals surface area contributed by atoms with E-state index >= 15 is 0 Å². The van der Waals surface area contributed by atoms with Gasteiger partial charge in [-0.05, 0) is 18.4 Å². The van der Waals surface area contributed by atoms with Crippen molar-refractivity contribution in [1.82, 2.24) is 0 Å². The molecule has 1 rings (SSSR count). The summed E-state index contributed by atoms with van der Waals surface area (Å²) in [4.78, 5) is 0. The molecular formula is C11H14O. The maximum Gasteiger partial charge on any atom is 0.0793 e. The van der Waals surface area contributed by atoms with Crippen molar-refractivity contribution in [2.75, 3.05) is 0 Å². The summed E-state index contributed by atoms with van der Waals surface area (Å²) >= 11 is 0. The molecule has 0 heterocycles. The second kappa shape index (κ2) is 4.73. The molecule has 1 aromatic rings. The minimum absolute atomic E-state index is 0.343. The Balaban J connectivity index is 2.53. The second-order valence-corrected chi connectivity index (χ2v) is 2.79. The minimum Gasteiger partial charge on any atom is -0.388 e. The molecule has 1 nitrogen and oxygen atoms in total. The molecule has 0 radical (unpaired) electrons. The Morgan fingerprint density at radius 2 is 2.00 bits per heavy atom. The first-order chi connectivity index (χ1) is 5.84. The SMILES string of the molecule is C=CCCC(O)c1ccccc1. The van der Waals surface area contributed by atoms with Gasteiger partial charge in [-0.1, -0.05) is 36.4 Å². The quantitative estimate of drug-likeness (QED) is 0.675. The van der Waals surface area contributed by atoms with Crippen molar-refractivity contribution in [3.63, 3.8) is 0 Å². The van der Waals surface area contributed by atoms with Crippen LogP contribution in [-0.2, 0) is 0 Å². The lowest BCUT2D eigenvalue weighted by Crippen LogP contribution is -1.95. The first-order valence-electron chi connectivity index (χ1n) is 4.18. The van der Waals surface area contributed by atoms with Crippen LogP contribution in [0.3, 0.4) is 0 Å². The average molecular weight is 162 g/mol. The summed E-state index contributed by atoms with van der Waals surface area (Å²) in [7, 11) is 0. The molecule has 0 saturated heterocycles. The highest BCUT2D eigenvalue weighted by Crippen LogP contribution is 2.17. The molecule has 1 heteroatoms. The number of hydrogen-bond acceptors (Lipinski definition) is 1. The minimum atomic E-state index is -0.343. The molecule has 0 amide bonds. The molecule has 0 spiro atoms. The Kier molecular flexibility index (Phi) is 3.55. The van der Waals surface area contributed by atoms with Crippen LogP contribution in [0, 0.1) is 0 Å². The molecule has 12 heavy (non-hydrogen) atoms. The lowest BCUT2D eigenvalue weighted by atomic mass is 10.1. The van der Waals surface area contributed by atoms with Gasteiger partial charge in [-0.25, -0.2) is 0 Å². The van der Waals surface area contributed by atoms with Crippen molar-refractivity contribution >= 4 is 0 Å². The van der Waals surface area contributed by atoms with E-state index in [0.717, 1.165) is 18.4 Å². The van der Waals surface area contributed by atoms with Crippen molar-refractivity contribution < 1.29 is 5.11 Å². The van der Waals surface area contributed by atoms with Crippen molar-refractivity contribution in [3.8, 4) is 0 Å². The van der Waals surface area contributed by atoms with Gasteiger partial charge in [-0.3, -0.25) is 0 Å². The smallest absolute Gasteiger partial charge is 0.0793 e. The fourth-order valence-electron chi connectivity index (χ4n) is 1.12. The van der Waals surface area contributed by atoms with Crippen LogP contribution in [0.1, 0.15) is 24.5 Å². The van der Waals surface area contributed by atoms with Crippen LogP contribution in [-0.4, -0.2) is 5.11 Å². The molecule has 0 saturated carbocycles. The Morgan fingerprint density at radius 1 is 1.33 bits per heavy atom. The van der Waals surface area contributed by atoms with Gasteiger partial charge in [-0.2, -0.15) is 0 Å². The third-order valence-electron chi connectivity index (χ3n) is 1.83. The van der Waals surface area contributed by atoms with Crippen LogP contribution in [0.5, 0.6) is 0 Å². The number of allylic oxidation sites excluding steroid dienone is 1. The third kappa shape index (κ3) is 2.51. The zero-order chi connectivity index (χ0) is 8.81. The first-order valence-corrected chi connectivity index (χ1v) is 4.18. The molecule has 0 bridgehead atoms. The van der Waals surface area contributed by atoms with E-state index in [1.54, 1.807) is 0 Å². The van der Waals surface area contributed by atoms with Crippen LogP contribution in [0.2, 0.25) is 0 Å². The zero-order valence-corrected chi connectivity index (χ0v) is 7.11. The molecule has 0 fully saturated rings. The van der Waals surface area contributed by atoms with Crippen molar-refractivity contribution in [3.05, 3.63) is 48.6 Å². The summed E-state index contributed by atoms with van der Waals surface area (Å²) in [5.41, 5.74) is 0.986. The zero-order valence-electron chi connectivity index (χ0n) is 7.11. The van der Waals surface area contributed by atoms with Crippen molar-refractivity contribution in [1.29, 1.82) is 0 Å². The van der Waals surface area contributed by atoms with E-state index in [2.05, 4.69) is 6.58 Å². The van der Waals surface area contributed by atoms with Gasteiger partial charge in [0, 0.05) is 0 Å². The van der Waals surface area contributed by atoms with Crippen LogP contribution >= 0.6 is 0 Å². The highest BCUT2D eigenvalue weighted by molar-refractivity contribution is 5.17. The lowest BCUT2D eigenvalue weighted by Gasteiger charge is -2.08. The van der Waals surface area contributed by atoms with Gasteiger partial charge in [0.2, 0.25) is 0 Å². The summed E-state index contributed by atoms with van der Waals surface area (Å²) in [6.07, 6.45) is 3.10. The summed E-state index contributed by atoms with van der Waals surface area (Å²) in [6, 6.07) is 9.70. The summed E-state index contributed by atoms with van der Waals surface area (Å²) in [6.45, 7) is 3.62. The van der Waals surface area contributed by atoms with Gasteiger partial charge < -0.3 is 5.11 Å². The van der Waals surface area contributed by atoms with Crippen LogP contribution in [0.15, 0.2) is 43.0 Å². The lowest BCUT2D eigenvalue weighted by molar-refractivity contribution is 0.169. The molecule has 1 N–H and O–H groups in total. The van der Waals surface area contributed by atoms with Gasteiger partial charge in [0.1, 0.15) is 0 Å². The molecular weight excluding hydrogens is 148 g/mol. The van der Waals surface area contributed by atoms with Gasteiger partial charge in [-0.15, -0.1) is 6.58 Å². The molecule has 0 aliphatic rings. The Morgan fingerprint density at radius 3 is 2.58 bits per heavy atom. The van der Waals surface area contributed by atoms with Gasteiger partial charge >= 0.3 is 0 Å². The summed E-state index contributed by atoms with van der Waals surface area (Å²) in [5, 5.41) is 9.60. The van der Waals surface area contributed by atoms with E-state index in [1.165, 1.54) is 0 Å². The van der Waals surface area contributed by atoms with Crippen molar-refractivity contribution in [2.45, 2.75) is 18.9 Å². The Bertz CT molecular complexity index is 228. The highest BCUT2D eigenvalue weighted by atomic mass is 16.3. The van der Waals surface area contributed by atoms with Gasteiger partial charge in [0.25, 0.3) is 0 Å². The van der Waals surface area contributed by atoms with Gasteiger partial charge in [0.15, 0.2) is 0 Å². The van der Waals surface area contributed by atoms with Crippen LogP contribution in [0.4, 0.5) is 0 Å². The number of rotatable bonds is 4. The molecule has 1 unspecified atom stereocenters. The monoisotopic (exact) mass is 162 g/mol. The van der Waals surface area contributed by atoms with E-state index in [9.17, 15) is 5.11 Å². The number of hydrogen-bond donors (Lipinski definition) is 1. The molecule has 64 valence electrons. The van der Waals surface area contributed by atoms with Crippen LogP contribution in [0.25, 0.3) is 0 Å². The standard InChI is InChI=1S/C11H14O/c1-2-3-9-11(12)10-7-5-4-6-8-10/h2,4-8,11-12H,1,3,9H2. The first kappa shape index (κ1) is 9.01. The fourth-order valence-corrected chi connectivity index (χ4v) is 1.12. The number of benzene rings is 1. The molecule has 0 aliphatic carbocycles. The van der Waals surface area contributed by atoms with E-state index in [-0.39, 0.29) is 6.10 Å². The Labute approximate surface area is 73.4 Å². The highest BCUT2D eigenvalue weighted by Gasteiger charge is 2.03. The maximum absolute atomic E-state index is 9.60. The van der Waals surface area contributed by atoms with E-state index < -0.39 is 0 Å². The van der Waals surface area contributed by atoms with Crippen molar-refractivity contribution in [2.24, 2.45) is 0 Å². The second-order valence-electron chi connectivity index (χ2n) is 2.79. The molecule has 0 aromatic heterocycles. The maximum atomic E-state index is 9.60. The average Bonchev–Trinajstić information content (AvgIpc) is 2.15. The molecule has 0 aliphatic heterocycles. The van der Waals surface area contributed by atoms with E-state index in [1.807, 2.05) is 36.4 Å².